The molecule has 0 aliphatic rings. The van der Waals surface area contributed by atoms with Crippen LogP contribution in [0.3, 0.4) is 0 Å². The zero-order chi connectivity index (χ0) is 10.1. The topological polar surface area (TPSA) is 37.3 Å². The van der Waals surface area contributed by atoms with Crippen LogP contribution in [0.2, 0.25) is 0 Å². The van der Waals surface area contributed by atoms with Gasteiger partial charge >= 0.3 is 29.6 Å². The van der Waals surface area contributed by atoms with Gasteiger partial charge in [-0.15, -0.1) is 0 Å². The molecule has 2 nitrogen and oxygen atoms in total. The van der Waals surface area contributed by atoms with E-state index in [-0.39, 0.29) is 29.6 Å². The Hall–Kier alpha value is 0.290. The van der Waals surface area contributed by atoms with Crippen LogP contribution >= 0.6 is 15.9 Å². The summed E-state index contributed by atoms with van der Waals surface area (Å²) >= 11 is 1.47. The molecule has 0 radical (unpaired) electrons. The van der Waals surface area contributed by atoms with E-state index in [1.807, 2.05) is 24.3 Å². The molecule has 15 heavy (non-hydrogen) atoms. The molecule has 1 N–H and O–H groups in total. The first-order valence-corrected chi connectivity index (χ1v) is 5.87. The molecule has 0 bridgehead atoms. The predicted octanol–water partition coefficient (Wildman–Crippen LogP) is 2.53. The first-order chi connectivity index (χ1) is 6.66. The first-order valence-electron chi connectivity index (χ1n) is 3.97. The standard InChI is InChI=1S/C10H7BrO2S.Na.H/c11-9-3-1-8-6-10(14(12)13)4-2-7(8)5-9;;/h1-6H,(H,12,13);;. The van der Waals surface area contributed by atoms with Crippen molar-refractivity contribution >= 4 is 67.3 Å². The molecule has 1 atom stereocenters. The summed E-state index contributed by atoms with van der Waals surface area (Å²) in [5, 5.41) is 2.02. The summed E-state index contributed by atoms with van der Waals surface area (Å²) in [6.45, 7) is 0. The molecule has 74 valence electrons. The summed E-state index contributed by atoms with van der Waals surface area (Å²) in [6, 6.07) is 11.0. The molecule has 5 heteroatoms. The fraction of sp³-hybridized carbons (Fsp3) is 0. The van der Waals surface area contributed by atoms with Gasteiger partial charge in [0.15, 0.2) is 11.1 Å². The average Bonchev–Trinajstić information content (AvgIpc) is 2.16. The molecule has 0 saturated carbocycles. The van der Waals surface area contributed by atoms with Gasteiger partial charge in [0.05, 0.1) is 4.90 Å². The Morgan fingerprint density at radius 1 is 1.07 bits per heavy atom. The van der Waals surface area contributed by atoms with Gasteiger partial charge in [-0.05, 0) is 35.0 Å². The zero-order valence-electron chi connectivity index (χ0n) is 7.11. The maximum absolute atomic E-state index is 10.8. The van der Waals surface area contributed by atoms with Crippen LogP contribution in [-0.4, -0.2) is 38.3 Å². The molecule has 0 saturated heterocycles. The second-order valence-electron chi connectivity index (χ2n) is 2.90. The SMILES string of the molecule is O=S(O)c1ccc2cc(Br)ccc2c1.[NaH]. The fourth-order valence-electron chi connectivity index (χ4n) is 1.30. The van der Waals surface area contributed by atoms with Gasteiger partial charge < -0.3 is 4.55 Å². The Kier molecular flexibility index (Phi) is 4.96. The number of hydrogen-bond acceptors (Lipinski definition) is 1. The van der Waals surface area contributed by atoms with Crippen LogP contribution in [0, 0.1) is 0 Å². The van der Waals surface area contributed by atoms with E-state index in [0.29, 0.717) is 4.90 Å². The molecular weight excluding hydrogens is 287 g/mol. The average molecular weight is 295 g/mol. The van der Waals surface area contributed by atoms with Crippen LogP contribution in [0.1, 0.15) is 0 Å². The normalized spacial score (nSPS) is 12.1. The molecule has 0 amide bonds. The summed E-state index contributed by atoms with van der Waals surface area (Å²) in [4.78, 5) is 0.430. The second kappa shape index (κ2) is 5.57. The van der Waals surface area contributed by atoms with Crippen molar-refractivity contribution in [3.05, 3.63) is 40.9 Å². The monoisotopic (exact) mass is 294 g/mol. The second-order valence-corrected chi connectivity index (χ2v) is 4.79. The van der Waals surface area contributed by atoms with Crippen LogP contribution in [-0.2, 0) is 11.1 Å². The van der Waals surface area contributed by atoms with Crippen molar-refractivity contribution in [1.82, 2.24) is 0 Å². The summed E-state index contributed by atoms with van der Waals surface area (Å²) < 4.78 is 20.7. The van der Waals surface area contributed by atoms with Crippen LogP contribution in [0.4, 0.5) is 0 Å². The van der Waals surface area contributed by atoms with E-state index in [4.69, 9.17) is 4.55 Å². The first kappa shape index (κ1) is 13.4. The van der Waals surface area contributed by atoms with Gasteiger partial charge in [0.1, 0.15) is 0 Å². The van der Waals surface area contributed by atoms with Crippen molar-refractivity contribution in [2.24, 2.45) is 0 Å². The van der Waals surface area contributed by atoms with Crippen LogP contribution < -0.4 is 0 Å². The zero-order valence-corrected chi connectivity index (χ0v) is 9.51. The fourth-order valence-corrected chi connectivity index (χ4v) is 2.09. The van der Waals surface area contributed by atoms with Crippen molar-refractivity contribution < 1.29 is 8.76 Å². The van der Waals surface area contributed by atoms with E-state index < -0.39 is 11.1 Å². The Balaban J connectivity index is 0.00000112. The van der Waals surface area contributed by atoms with Crippen molar-refractivity contribution in [2.45, 2.75) is 4.90 Å². The van der Waals surface area contributed by atoms with Crippen molar-refractivity contribution in [1.29, 1.82) is 0 Å². The van der Waals surface area contributed by atoms with Gasteiger partial charge in [0.2, 0.25) is 0 Å². The number of fused-ring (bicyclic) bond motifs is 1. The molecule has 2 rings (SSSR count). The number of benzene rings is 2. The summed E-state index contributed by atoms with van der Waals surface area (Å²) in [6.07, 6.45) is 0. The molecule has 0 aliphatic heterocycles. The Labute approximate surface area is 121 Å². The predicted molar refractivity (Wildman–Crippen MR) is 67.8 cm³/mol. The third kappa shape index (κ3) is 3.12. The van der Waals surface area contributed by atoms with E-state index in [0.717, 1.165) is 15.2 Å². The van der Waals surface area contributed by atoms with E-state index in [9.17, 15) is 4.21 Å². The summed E-state index contributed by atoms with van der Waals surface area (Å²) in [5.74, 6) is 0. The van der Waals surface area contributed by atoms with Crippen molar-refractivity contribution in [3.63, 3.8) is 0 Å². The van der Waals surface area contributed by atoms with Crippen molar-refractivity contribution in [2.75, 3.05) is 0 Å². The van der Waals surface area contributed by atoms with Crippen LogP contribution in [0.15, 0.2) is 45.8 Å². The van der Waals surface area contributed by atoms with Gasteiger partial charge in [-0.2, -0.15) is 0 Å². The number of halogens is 1. The van der Waals surface area contributed by atoms with Crippen molar-refractivity contribution in [3.8, 4) is 0 Å². The van der Waals surface area contributed by atoms with Gasteiger partial charge in [-0.3, -0.25) is 0 Å². The molecule has 2 aromatic rings. The van der Waals surface area contributed by atoms with Crippen LogP contribution in [0.25, 0.3) is 10.8 Å². The molecule has 0 spiro atoms. The Bertz CT molecular complexity index is 516. The van der Waals surface area contributed by atoms with E-state index in [1.165, 1.54) is 0 Å². The molecule has 0 aromatic heterocycles. The molecule has 0 heterocycles. The summed E-state index contributed by atoms with van der Waals surface area (Å²) in [5.41, 5.74) is 0. The van der Waals surface area contributed by atoms with E-state index in [1.54, 1.807) is 12.1 Å². The van der Waals surface area contributed by atoms with E-state index in [2.05, 4.69) is 15.9 Å². The summed E-state index contributed by atoms with van der Waals surface area (Å²) in [7, 11) is 0. The van der Waals surface area contributed by atoms with Gasteiger partial charge in [-0.25, -0.2) is 4.21 Å². The van der Waals surface area contributed by atoms with Gasteiger partial charge in [0, 0.05) is 4.47 Å². The molecule has 1 unspecified atom stereocenters. The third-order valence-electron chi connectivity index (χ3n) is 1.98. The molecular formula is C10H8BrNaO2S. The molecule has 2 aromatic carbocycles. The quantitative estimate of drug-likeness (QED) is 0.648. The van der Waals surface area contributed by atoms with Crippen LogP contribution in [0.5, 0.6) is 0 Å². The minimum absolute atomic E-state index is 0. The van der Waals surface area contributed by atoms with Gasteiger partial charge in [-0.1, -0.05) is 28.1 Å². The minimum atomic E-state index is -1.90. The van der Waals surface area contributed by atoms with E-state index >= 15 is 0 Å². The molecule has 0 aliphatic carbocycles. The number of rotatable bonds is 1. The number of hydrogen-bond donors (Lipinski definition) is 1. The maximum atomic E-state index is 10.8. The van der Waals surface area contributed by atoms with Gasteiger partial charge in [0.25, 0.3) is 0 Å². The Morgan fingerprint density at radius 3 is 2.33 bits per heavy atom. The Morgan fingerprint density at radius 2 is 1.67 bits per heavy atom. The third-order valence-corrected chi connectivity index (χ3v) is 3.13. The molecule has 0 fully saturated rings.